The molecule has 0 aliphatic heterocycles. The van der Waals surface area contributed by atoms with Crippen LogP contribution in [-0.2, 0) is 11.8 Å². The molecule has 0 aliphatic carbocycles. The standard InChI is InChI=1S/C12H10NO5PS/c14-13(15)11-8-4-5-9-12(11)18-19(16,20)17-10-6-2-1-3-7-10/h1-9H,(H,16,20). The Morgan fingerprint density at radius 1 is 1.05 bits per heavy atom. The number of nitrogens with zero attached hydrogens (tertiary/aromatic N) is 1. The highest BCUT2D eigenvalue weighted by molar-refractivity contribution is 8.07. The number of rotatable bonds is 5. The van der Waals surface area contributed by atoms with Gasteiger partial charge in [0.15, 0.2) is 0 Å². The Hall–Kier alpha value is -1.95. The molecule has 0 aliphatic rings. The smallest absolute Gasteiger partial charge is 0.416 e. The molecular formula is C12H10NO5PS. The lowest BCUT2D eigenvalue weighted by molar-refractivity contribution is -0.385. The summed E-state index contributed by atoms with van der Waals surface area (Å²) in [4.78, 5) is 20.2. The van der Waals surface area contributed by atoms with Gasteiger partial charge in [0, 0.05) is 17.9 Å². The summed E-state index contributed by atoms with van der Waals surface area (Å²) < 4.78 is 10.3. The van der Waals surface area contributed by atoms with Crippen molar-refractivity contribution in [2.24, 2.45) is 0 Å². The van der Waals surface area contributed by atoms with E-state index in [2.05, 4.69) is 0 Å². The van der Waals surface area contributed by atoms with Crippen LogP contribution in [0, 0.1) is 10.1 Å². The molecule has 0 fully saturated rings. The van der Waals surface area contributed by atoms with Crippen molar-refractivity contribution in [3.05, 3.63) is 64.7 Å². The molecule has 0 radical (unpaired) electrons. The highest BCUT2D eigenvalue weighted by Gasteiger charge is 2.24. The lowest BCUT2D eigenvalue weighted by atomic mass is 10.3. The first-order valence-corrected chi connectivity index (χ1v) is 8.07. The third kappa shape index (κ3) is 3.77. The van der Waals surface area contributed by atoms with Crippen molar-refractivity contribution >= 4 is 24.2 Å². The maximum Gasteiger partial charge on any atom is 0.432 e. The van der Waals surface area contributed by atoms with Crippen molar-refractivity contribution in [1.29, 1.82) is 0 Å². The van der Waals surface area contributed by atoms with Crippen LogP contribution in [0.4, 0.5) is 5.69 Å². The molecule has 0 aromatic heterocycles. The number of para-hydroxylation sites is 3. The second-order valence-electron chi connectivity index (χ2n) is 3.69. The van der Waals surface area contributed by atoms with Crippen LogP contribution in [0.1, 0.15) is 0 Å². The first kappa shape index (κ1) is 14.5. The largest absolute Gasteiger partial charge is 0.432 e. The molecule has 20 heavy (non-hydrogen) atoms. The van der Waals surface area contributed by atoms with Gasteiger partial charge in [0.05, 0.1) is 4.92 Å². The molecule has 2 aromatic rings. The summed E-state index contributed by atoms with van der Waals surface area (Å²) in [6.07, 6.45) is 0. The average Bonchev–Trinajstić information content (AvgIpc) is 2.39. The molecular weight excluding hydrogens is 301 g/mol. The Morgan fingerprint density at radius 3 is 2.30 bits per heavy atom. The molecule has 0 saturated carbocycles. The predicted octanol–water partition coefficient (Wildman–Crippen LogP) is 3.27. The van der Waals surface area contributed by atoms with Gasteiger partial charge in [0.2, 0.25) is 5.75 Å². The van der Waals surface area contributed by atoms with Gasteiger partial charge in [-0.15, -0.1) is 0 Å². The van der Waals surface area contributed by atoms with E-state index in [-0.39, 0.29) is 11.4 Å². The van der Waals surface area contributed by atoms with Crippen LogP contribution in [0.2, 0.25) is 0 Å². The zero-order chi connectivity index (χ0) is 14.6. The highest BCUT2D eigenvalue weighted by atomic mass is 32.5. The summed E-state index contributed by atoms with van der Waals surface area (Å²) in [6, 6.07) is 14.0. The van der Waals surface area contributed by atoms with Crippen molar-refractivity contribution in [2.75, 3.05) is 0 Å². The van der Waals surface area contributed by atoms with E-state index in [9.17, 15) is 15.0 Å². The van der Waals surface area contributed by atoms with E-state index < -0.39 is 11.6 Å². The number of nitro benzene ring substituents is 1. The molecule has 0 heterocycles. The fourth-order valence-electron chi connectivity index (χ4n) is 1.44. The Balaban J connectivity index is 2.20. The lowest BCUT2D eigenvalue weighted by Gasteiger charge is -2.17. The molecule has 6 nitrogen and oxygen atoms in total. The molecule has 2 rings (SSSR count). The van der Waals surface area contributed by atoms with E-state index in [4.69, 9.17) is 20.9 Å². The topological polar surface area (TPSA) is 81.8 Å². The van der Waals surface area contributed by atoms with Crippen molar-refractivity contribution in [3.63, 3.8) is 0 Å². The molecule has 0 bridgehead atoms. The van der Waals surface area contributed by atoms with E-state index >= 15 is 0 Å². The number of benzene rings is 2. The molecule has 1 atom stereocenters. The van der Waals surface area contributed by atoms with Crippen LogP contribution in [0.25, 0.3) is 0 Å². The Morgan fingerprint density at radius 2 is 1.65 bits per heavy atom. The van der Waals surface area contributed by atoms with Gasteiger partial charge in [-0.1, -0.05) is 30.3 Å². The van der Waals surface area contributed by atoms with Gasteiger partial charge in [0.1, 0.15) is 5.75 Å². The second-order valence-corrected chi connectivity index (χ2v) is 6.38. The monoisotopic (exact) mass is 311 g/mol. The van der Waals surface area contributed by atoms with Crippen LogP contribution < -0.4 is 9.05 Å². The summed E-state index contributed by atoms with van der Waals surface area (Å²) in [5, 5.41) is 10.8. The molecule has 8 heteroatoms. The molecule has 2 aromatic carbocycles. The van der Waals surface area contributed by atoms with Crippen LogP contribution in [0.3, 0.4) is 0 Å². The maximum absolute atomic E-state index is 10.8. The summed E-state index contributed by atoms with van der Waals surface area (Å²) in [5.74, 6) is 0.205. The fraction of sp³-hybridized carbons (Fsp3) is 0. The first-order chi connectivity index (χ1) is 9.48. The van der Waals surface area contributed by atoms with Gasteiger partial charge in [-0.05, 0) is 18.2 Å². The zero-order valence-electron chi connectivity index (χ0n) is 10.1. The molecule has 0 spiro atoms. The van der Waals surface area contributed by atoms with Crippen LogP contribution in [0.5, 0.6) is 11.5 Å². The Bertz CT molecular complexity index is 664. The average molecular weight is 311 g/mol. The van der Waals surface area contributed by atoms with E-state index in [1.165, 1.54) is 18.2 Å². The SMILES string of the molecule is O=[N+]([O-])c1ccccc1OP(O)(=S)Oc1ccccc1. The van der Waals surface area contributed by atoms with Crippen molar-refractivity contribution in [3.8, 4) is 11.5 Å². The molecule has 104 valence electrons. The summed E-state index contributed by atoms with van der Waals surface area (Å²) >= 11 is 4.85. The van der Waals surface area contributed by atoms with Gasteiger partial charge in [-0.25, -0.2) is 0 Å². The van der Waals surface area contributed by atoms with Gasteiger partial charge < -0.3 is 13.9 Å². The van der Waals surface area contributed by atoms with Gasteiger partial charge >= 0.3 is 12.4 Å². The fourth-order valence-corrected chi connectivity index (χ4v) is 2.77. The van der Waals surface area contributed by atoms with Crippen LogP contribution >= 0.6 is 6.72 Å². The Kier molecular flexibility index (Phi) is 4.34. The maximum atomic E-state index is 10.8. The highest BCUT2D eigenvalue weighted by Crippen LogP contribution is 2.46. The third-order valence-corrected chi connectivity index (χ3v) is 3.56. The normalized spacial score (nSPS) is 13.2. The van der Waals surface area contributed by atoms with Crippen molar-refractivity contribution < 1.29 is 18.9 Å². The van der Waals surface area contributed by atoms with Crippen LogP contribution in [0.15, 0.2) is 54.6 Å². The Labute approximate surface area is 120 Å². The van der Waals surface area contributed by atoms with Crippen molar-refractivity contribution in [2.45, 2.75) is 0 Å². The molecule has 0 amide bonds. The quantitative estimate of drug-likeness (QED) is 0.518. The van der Waals surface area contributed by atoms with E-state index in [0.29, 0.717) is 5.75 Å². The summed E-state index contributed by atoms with van der Waals surface area (Å²) in [6.45, 7) is -3.67. The number of hydrogen-bond donors (Lipinski definition) is 1. The minimum Gasteiger partial charge on any atom is -0.416 e. The second kappa shape index (κ2) is 6.00. The van der Waals surface area contributed by atoms with E-state index in [1.54, 1.807) is 36.4 Å². The molecule has 1 unspecified atom stereocenters. The summed E-state index contributed by atoms with van der Waals surface area (Å²) in [7, 11) is 0. The van der Waals surface area contributed by atoms with Crippen LogP contribution in [-0.4, -0.2) is 9.82 Å². The minimum atomic E-state index is -3.67. The lowest BCUT2D eigenvalue weighted by Crippen LogP contribution is -2.01. The van der Waals surface area contributed by atoms with E-state index in [0.717, 1.165) is 0 Å². The van der Waals surface area contributed by atoms with Gasteiger partial charge in [0.25, 0.3) is 0 Å². The van der Waals surface area contributed by atoms with E-state index in [1.807, 2.05) is 0 Å². The van der Waals surface area contributed by atoms with Gasteiger partial charge in [-0.2, -0.15) is 0 Å². The predicted molar refractivity (Wildman–Crippen MR) is 77.3 cm³/mol. The molecule has 1 N–H and O–H groups in total. The summed E-state index contributed by atoms with van der Waals surface area (Å²) in [5.41, 5.74) is -0.285. The zero-order valence-corrected chi connectivity index (χ0v) is 11.8. The number of nitro groups is 1. The number of hydrogen-bond acceptors (Lipinski definition) is 5. The molecule has 0 saturated heterocycles. The third-order valence-electron chi connectivity index (χ3n) is 2.24. The minimum absolute atomic E-state index is 0.126. The first-order valence-electron chi connectivity index (χ1n) is 5.48. The van der Waals surface area contributed by atoms with Gasteiger partial charge in [-0.3, -0.25) is 10.1 Å². The van der Waals surface area contributed by atoms with Crippen molar-refractivity contribution in [1.82, 2.24) is 0 Å².